The summed E-state index contributed by atoms with van der Waals surface area (Å²) in [6.07, 6.45) is 2.74. The monoisotopic (exact) mass is 513 g/mol. The highest BCUT2D eigenvalue weighted by Gasteiger charge is 2.19. The van der Waals surface area contributed by atoms with Gasteiger partial charge in [0.15, 0.2) is 5.96 Å². The summed E-state index contributed by atoms with van der Waals surface area (Å²) in [6, 6.07) is 8.18. The van der Waals surface area contributed by atoms with Crippen LogP contribution >= 0.6 is 35.3 Å². The van der Waals surface area contributed by atoms with Gasteiger partial charge in [-0.15, -0.1) is 35.3 Å². The number of benzene rings is 1. The molecule has 3 rings (SSSR count). The molecule has 0 saturated carbocycles. The lowest BCUT2D eigenvalue weighted by Crippen LogP contribution is -2.36. The lowest BCUT2D eigenvalue weighted by atomic mass is 10.1. The van der Waals surface area contributed by atoms with Crippen LogP contribution in [0.25, 0.3) is 0 Å². The number of rotatable bonds is 5. The average Bonchev–Trinajstić information content (AvgIpc) is 3.00. The number of nitrogens with zero attached hydrogens (tertiary/aromatic N) is 3. The Morgan fingerprint density at radius 1 is 1.18 bits per heavy atom. The normalized spacial score (nSPS) is 14.6. The van der Waals surface area contributed by atoms with Gasteiger partial charge >= 0.3 is 0 Å². The summed E-state index contributed by atoms with van der Waals surface area (Å²) in [7, 11) is 1.77. The third kappa shape index (κ3) is 5.91. The number of thiazole rings is 1. The number of carbonyl (C=O) groups excluding carboxylic acids is 1. The van der Waals surface area contributed by atoms with Crippen LogP contribution < -0.4 is 15.5 Å². The first-order valence-corrected chi connectivity index (χ1v) is 10.1. The van der Waals surface area contributed by atoms with Gasteiger partial charge in [-0.3, -0.25) is 9.79 Å². The number of anilines is 1. The molecule has 152 valence electrons. The van der Waals surface area contributed by atoms with Crippen LogP contribution in [0.4, 0.5) is 5.69 Å². The number of carbonyl (C=O) groups is 1. The van der Waals surface area contributed by atoms with Crippen LogP contribution in [-0.4, -0.2) is 30.4 Å². The Morgan fingerprint density at radius 2 is 1.89 bits per heavy atom. The summed E-state index contributed by atoms with van der Waals surface area (Å²) in [5, 5.41) is 7.75. The van der Waals surface area contributed by atoms with Crippen LogP contribution in [0.2, 0.25) is 0 Å². The molecule has 2 aromatic rings. The molecule has 1 fully saturated rings. The molecule has 0 spiro atoms. The number of guanidine groups is 1. The van der Waals surface area contributed by atoms with Gasteiger partial charge in [0.2, 0.25) is 5.91 Å². The van der Waals surface area contributed by atoms with Gasteiger partial charge in [0, 0.05) is 37.1 Å². The molecule has 1 aliphatic rings. The van der Waals surface area contributed by atoms with Gasteiger partial charge < -0.3 is 15.5 Å². The predicted octanol–water partition coefficient (Wildman–Crippen LogP) is 3.76. The molecule has 1 aliphatic heterocycles. The number of hydrogen-bond acceptors (Lipinski definition) is 4. The molecule has 1 aromatic carbocycles. The SMILES string of the molecule is CN=C(NCc1ccc(N2CCCCC2=O)cc1)NCc1sc(C)nc1C.I. The van der Waals surface area contributed by atoms with Gasteiger partial charge in [-0.25, -0.2) is 4.98 Å². The van der Waals surface area contributed by atoms with Crippen molar-refractivity contribution in [3.63, 3.8) is 0 Å². The van der Waals surface area contributed by atoms with Gasteiger partial charge in [0.25, 0.3) is 0 Å². The number of aromatic nitrogens is 1. The Bertz CT molecular complexity index is 819. The minimum atomic E-state index is 0. The van der Waals surface area contributed by atoms with Crippen LogP contribution in [0.1, 0.15) is 40.4 Å². The minimum Gasteiger partial charge on any atom is -0.352 e. The fraction of sp³-hybridized carbons (Fsp3) is 0.450. The standard InChI is InChI=1S/C20H27N5OS.HI/c1-14-18(27-15(2)24-14)13-23-20(21-3)22-12-16-7-9-17(10-8-16)25-11-5-4-6-19(25)26;/h7-10H,4-6,11-13H2,1-3H3,(H2,21,22,23);1H. The molecular formula is C20H28IN5OS. The van der Waals surface area contributed by atoms with Crippen molar-refractivity contribution in [1.82, 2.24) is 15.6 Å². The van der Waals surface area contributed by atoms with E-state index in [1.807, 2.05) is 30.9 Å². The largest absolute Gasteiger partial charge is 0.352 e. The summed E-state index contributed by atoms with van der Waals surface area (Å²) >= 11 is 1.71. The second-order valence-electron chi connectivity index (χ2n) is 6.69. The first-order chi connectivity index (χ1) is 13.1. The van der Waals surface area contributed by atoms with Gasteiger partial charge in [-0.05, 0) is 44.4 Å². The number of piperidine rings is 1. The lowest BCUT2D eigenvalue weighted by molar-refractivity contribution is -0.119. The number of aliphatic imine (C=N–C) groups is 1. The molecule has 1 aromatic heterocycles. The Morgan fingerprint density at radius 3 is 2.50 bits per heavy atom. The summed E-state index contributed by atoms with van der Waals surface area (Å²) in [5.41, 5.74) is 3.21. The molecule has 0 radical (unpaired) electrons. The zero-order valence-corrected chi connectivity index (χ0v) is 19.8. The number of nitrogens with one attached hydrogen (secondary N) is 2. The van der Waals surface area contributed by atoms with Crippen molar-refractivity contribution in [2.45, 2.75) is 46.2 Å². The molecular weight excluding hydrogens is 485 g/mol. The quantitative estimate of drug-likeness (QED) is 0.363. The maximum Gasteiger partial charge on any atom is 0.226 e. The van der Waals surface area contributed by atoms with Crippen LogP contribution in [0.5, 0.6) is 0 Å². The van der Waals surface area contributed by atoms with Crippen molar-refractivity contribution in [3.8, 4) is 0 Å². The van der Waals surface area contributed by atoms with Gasteiger partial charge in [-0.2, -0.15) is 0 Å². The molecule has 0 bridgehead atoms. The van der Waals surface area contributed by atoms with Crippen molar-refractivity contribution in [1.29, 1.82) is 0 Å². The summed E-state index contributed by atoms with van der Waals surface area (Å²) in [6.45, 7) is 6.27. The van der Waals surface area contributed by atoms with E-state index in [0.29, 0.717) is 19.5 Å². The smallest absolute Gasteiger partial charge is 0.226 e. The van der Waals surface area contributed by atoms with E-state index < -0.39 is 0 Å². The molecule has 6 nitrogen and oxygen atoms in total. The van der Waals surface area contributed by atoms with Gasteiger partial charge in [0.05, 0.1) is 17.2 Å². The Labute approximate surface area is 187 Å². The molecule has 8 heteroatoms. The zero-order chi connectivity index (χ0) is 19.2. The molecule has 28 heavy (non-hydrogen) atoms. The second kappa shape index (κ2) is 10.8. The van der Waals surface area contributed by atoms with Crippen LogP contribution in [-0.2, 0) is 17.9 Å². The number of hydrogen-bond donors (Lipinski definition) is 2. The van der Waals surface area contributed by atoms with E-state index in [0.717, 1.165) is 47.3 Å². The van der Waals surface area contributed by atoms with E-state index in [4.69, 9.17) is 0 Å². The zero-order valence-electron chi connectivity index (χ0n) is 16.6. The van der Waals surface area contributed by atoms with Crippen molar-refractivity contribution < 1.29 is 4.79 Å². The topological polar surface area (TPSA) is 69.6 Å². The maximum atomic E-state index is 12.0. The highest BCUT2D eigenvalue weighted by atomic mass is 127. The Hall–Kier alpha value is -1.68. The number of aryl methyl sites for hydroxylation is 2. The molecule has 0 atom stereocenters. The maximum absolute atomic E-state index is 12.0. The second-order valence-corrected chi connectivity index (χ2v) is 7.98. The fourth-order valence-electron chi connectivity index (χ4n) is 3.18. The van der Waals surface area contributed by atoms with Crippen LogP contribution in [0.15, 0.2) is 29.3 Å². The fourth-order valence-corrected chi connectivity index (χ4v) is 4.06. The minimum absolute atomic E-state index is 0. The lowest BCUT2D eigenvalue weighted by Gasteiger charge is -2.26. The first-order valence-electron chi connectivity index (χ1n) is 9.33. The van der Waals surface area contributed by atoms with Crippen LogP contribution in [0.3, 0.4) is 0 Å². The van der Waals surface area contributed by atoms with Crippen molar-refractivity contribution in [3.05, 3.63) is 45.4 Å². The van der Waals surface area contributed by atoms with E-state index in [2.05, 4.69) is 32.7 Å². The van der Waals surface area contributed by atoms with Gasteiger partial charge in [0.1, 0.15) is 0 Å². The number of halogens is 1. The molecule has 0 aliphatic carbocycles. The summed E-state index contributed by atoms with van der Waals surface area (Å²) < 4.78 is 0. The molecule has 2 heterocycles. The van der Waals surface area contributed by atoms with Crippen molar-refractivity contribution in [2.75, 3.05) is 18.5 Å². The highest BCUT2D eigenvalue weighted by Crippen LogP contribution is 2.21. The molecule has 0 unspecified atom stereocenters. The predicted molar refractivity (Wildman–Crippen MR) is 127 cm³/mol. The van der Waals surface area contributed by atoms with Crippen molar-refractivity contribution in [2.24, 2.45) is 4.99 Å². The van der Waals surface area contributed by atoms with E-state index in [9.17, 15) is 4.79 Å². The first kappa shape index (κ1) is 22.6. The summed E-state index contributed by atoms with van der Waals surface area (Å²) in [5.74, 6) is 0.987. The van der Waals surface area contributed by atoms with Crippen molar-refractivity contribution >= 4 is 52.9 Å². The molecule has 1 saturated heterocycles. The number of amides is 1. The van der Waals surface area contributed by atoms with E-state index in [-0.39, 0.29) is 29.9 Å². The third-order valence-corrected chi connectivity index (χ3v) is 5.74. The molecule has 2 N–H and O–H groups in total. The van der Waals surface area contributed by atoms with Crippen LogP contribution in [0, 0.1) is 13.8 Å². The molecule has 1 amide bonds. The van der Waals surface area contributed by atoms with E-state index in [1.165, 1.54) is 4.88 Å². The average molecular weight is 513 g/mol. The highest BCUT2D eigenvalue weighted by molar-refractivity contribution is 14.0. The Balaban J connectivity index is 0.00000280. The summed E-state index contributed by atoms with van der Waals surface area (Å²) in [4.78, 5) is 23.9. The van der Waals surface area contributed by atoms with Gasteiger partial charge in [-0.1, -0.05) is 12.1 Å². The van der Waals surface area contributed by atoms with E-state index in [1.54, 1.807) is 18.4 Å². The Kier molecular flexibility index (Phi) is 8.68. The third-order valence-electron chi connectivity index (χ3n) is 4.67. The van der Waals surface area contributed by atoms with E-state index >= 15 is 0 Å².